The lowest BCUT2D eigenvalue weighted by atomic mass is 9.91. The van der Waals surface area contributed by atoms with Crippen LogP contribution >= 0.6 is 0 Å². The number of nitrogens with zero attached hydrogens (tertiary/aromatic N) is 1. The molecule has 21 heavy (non-hydrogen) atoms. The fraction of sp³-hybridized carbons (Fsp3) is 0.667. The van der Waals surface area contributed by atoms with Gasteiger partial charge in [-0.1, -0.05) is 18.2 Å². The Kier molecular flexibility index (Phi) is 3.23. The van der Waals surface area contributed by atoms with E-state index in [1.807, 2.05) is 0 Å². The normalized spacial score (nSPS) is 36.3. The summed E-state index contributed by atoms with van der Waals surface area (Å²) >= 11 is 0. The van der Waals surface area contributed by atoms with Gasteiger partial charge in [-0.15, -0.1) is 0 Å². The van der Waals surface area contributed by atoms with Crippen LogP contribution in [0.5, 0.6) is 5.75 Å². The van der Waals surface area contributed by atoms with Crippen LogP contribution in [0.15, 0.2) is 24.3 Å². The molecule has 4 rings (SSSR count). The van der Waals surface area contributed by atoms with Crippen molar-refractivity contribution in [2.75, 3.05) is 19.6 Å². The summed E-state index contributed by atoms with van der Waals surface area (Å²) in [5.41, 5.74) is 1.69. The summed E-state index contributed by atoms with van der Waals surface area (Å²) < 4.78 is 6.14. The van der Waals surface area contributed by atoms with Crippen LogP contribution < -0.4 is 10.1 Å². The van der Waals surface area contributed by atoms with Crippen molar-refractivity contribution in [2.24, 2.45) is 5.92 Å². The van der Waals surface area contributed by atoms with E-state index in [-0.39, 0.29) is 0 Å². The largest absolute Gasteiger partial charge is 0.488 e. The van der Waals surface area contributed by atoms with Crippen LogP contribution in [0.2, 0.25) is 0 Å². The van der Waals surface area contributed by atoms with E-state index < -0.39 is 0 Å². The minimum Gasteiger partial charge on any atom is -0.488 e. The molecule has 0 aromatic heterocycles. The van der Waals surface area contributed by atoms with Gasteiger partial charge >= 0.3 is 0 Å². The Morgan fingerprint density at radius 2 is 2.14 bits per heavy atom. The summed E-state index contributed by atoms with van der Waals surface area (Å²) in [6, 6.07) is 9.08. The molecule has 0 amide bonds. The Labute approximate surface area is 127 Å². The summed E-state index contributed by atoms with van der Waals surface area (Å²) in [6.07, 6.45) is 4.19. The van der Waals surface area contributed by atoms with Gasteiger partial charge in [-0.05, 0) is 44.2 Å². The van der Waals surface area contributed by atoms with E-state index >= 15 is 0 Å². The van der Waals surface area contributed by atoms with Gasteiger partial charge < -0.3 is 10.1 Å². The van der Waals surface area contributed by atoms with Crippen LogP contribution in [-0.2, 0) is 6.42 Å². The molecule has 1 aliphatic carbocycles. The minimum absolute atomic E-state index is 0.317. The van der Waals surface area contributed by atoms with Gasteiger partial charge in [-0.2, -0.15) is 0 Å². The topological polar surface area (TPSA) is 24.5 Å². The molecule has 3 nitrogen and oxygen atoms in total. The molecule has 0 spiro atoms. The standard InChI is InChI=1S/C18H26N2O/c1-13-10-19-18(2,15-7-8-15)12-20(13)11-16-9-14-5-3-4-6-17(14)21-16/h3-6,13,15-16,19H,7-12H2,1-2H3. The summed E-state index contributed by atoms with van der Waals surface area (Å²) in [6.45, 7) is 8.07. The van der Waals surface area contributed by atoms with E-state index in [9.17, 15) is 0 Å². The predicted octanol–water partition coefficient (Wildman–Crippen LogP) is 2.45. The van der Waals surface area contributed by atoms with Gasteiger partial charge in [-0.25, -0.2) is 0 Å². The second kappa shape index (κ2) is 4.99. The van der Waals surface area contributed by atoms with Crippen LogP contribution in [0.1, 0.15) is 32.3 Å². The maximum atomic E-state index is 6.14. The zero-order valence-corrected chi connectivity index (χ0v) is 13.1. The minimum atomic E-state index is 0.317. The van der Waals surface area contributed by atoms with Crippen molar-refractivity contribution in [3.8, 4) is 5.75 Å². The molecule has 114 valence electrons. The number of ether oxygens (including phenoxy) is 1. The smallest absolute Gasteiger partial charge is 0.123 e. The lowest BCUT2D eigenvalue weighted by Crippen LogP contribution is -2.64. The Hall–Kier alpha value is -1.06. The second-order valence-electron chi connectivity index (χ2n) is 7.40. The highest BCUT2D eigenvalue weighted by atomic mass is 16.5. The number of rotatable bonds is 3. The van der Waals surface area contributed by atoms with Crippen LogP contribution in [0.25, 0.3) is 0 Å². The second-order valence-corrected chi connectivity index (χ2v) is 7.40. The van der Waals surface area contributed by atoms with E-state index in [1.165, 1.54) is 18.4 Å². The van der Waals surface area contributed by atoms with E-state index in [1.54, 1.807) is 0 Å². The molecule has 0 bridgehead atoms. The molecule has 0 radical (unpaired) electrons. The van der Waals surface area contributed by atoms with E-state index in [4.69, 9.17) is 4.74 Å². The predicted molar refractivity (Wildman–Crippen MR) is 84.7 cm³/mol. The third kappa shape index (κ3) is 2.58. The summed E-state index contributed by atoms with van der Waals surface area (Å²) in [5, 5.41) is 3.80. The van der Waals surface area contributed by atoms with Crippen molar-refractivity contribution in [3.63, 3.8) is 0 Å². The molecule has 3 aliphatic rings. The zero-order valence-electron chi connectivity index (χ0n) is 13.1. The lowest BCUT2D eigenvalue weighted by molar-refractivity contribution is 0.0510. The van der Waals surface area contributed by atoms with Gasteiger partial charge in [0.05, 0.1) is 0 Å². The van der Waals surface area contributed by atoms with Crippen LogP contribution in [0, 0.1) is 5.92 Å². The van der Waals surface area contributed by atoms with Crippen molar-refractivity contribution in [3.05, 3.63) is 29.8 Å². The first-order chi connectivity index (χ1) is 10.1. The molecule has 3 atom stereocenters. The summed E-state index contributed by atoms with van der Waals surface area (Å²) in [7, 11) is 0. The van der Waals surface area contributed by atoms with Crippen LogP contribution in [-0.4, -0.2) is 42.2 Å². The number of hydrogen-bond acceptors (Lipinski definition) is 3. The van der Waals surface area contributed by atoms with Gasteiger partial charge in [0.1, 0.15) is 11.9 Å². The van der Waals surface area contributed by atoms with Gasteiger partial charge in [-0.3, -0.25) is 4.90 Å². The number of nitrogens with one attached hydrogen (secondary N) is 1. The van der Waals surface area contributed by atoms with Crippen molar-refractivity contribution < 1.29 is 4.74 Å². The molecular weight excluding hydrogens is 260 g/mol. The van der Waals surface area contributed by atoms with Crippen molar-refractivity contribution in [1.29, 1.82) is 0 Å². The van der Waals surface area contributed by atoms with E-state index in [0.717, 1.165) is 37.7 Å². The van der Waals surface area contributed by atoms with Gasteiger partial charge in [0.25, 0.3) is 0 Å². The molecule has 2 aliphatic heterocycles. The fourth-order valence-electron chi connectivity index (χ4n) is 4.00. The van der Waals surface area contributed by atoms with E-state index in [0.29, 0.717) is 17.7 Å². The quantitative estimate of drug-likeness (QED) is 0.924. The lowest BCUT2D eigenvalue weighted by Gasteiger charge is -2.46. The fourth-order valence-corrected chi connectivity index (χ4v) is 4.00. The van der Waals surface area contributed by atoms with Crippen molar-refractivity contribution >= 4 is 0 Å². The number of hydrogen-bond donors (Lipinski definition) is 1. The Balaban J connectivity index is 1.42. The average molecular weight is 286 g/mol. The molecule has 3 heteroatoms. The monoisotopic (exact) mass is 286 g/mol. The molecular formula is C18H26N2O. The molecule has 1 aromatic rings. The molecule has 1 N–H and O–H groups in total. The van der Waals surface area contributed by atoms with E-state index in [2.05, 4.69) is 48.3 Å². The highest BCUT2D eigenvalue weighted by Crippen LogP contribution is 2.41. The Morgan fingerprint density at radius 3 is 2.90 bits per heavy atom. The first kappa shape index (κ1) is 13.6. The first-order valence-electron chi connectivity index (χ1n) is 8.38. The number of para-hydroxylation sites is 1. The highest BCUT2D eigenvalue weighted by molar-refractivity contribution is 5.37. The first-order valence-corrected chi connectivity index (χ1v) is 8.38. The Morgan fingerprint density at radius 1 is 1.33 bits per heavy atom. The molecule has 2 fully saturated rings. The maximum absolute atomic E-state index is 6.14. The SMILES string of the molecule is CC1CNC(C)(C2CC2)CN1CC1Cc2ccccc2O1. The Bertz CT molecular complexity index is 503. The van der Waals surface area contributed by atoms with Crippen molar-refractivity contribution in [2.45, 2.75) is 50.8 Å². The molecule has 1 aromatic carbocycles. The zero-order chi connectivity index (χ0) is 14.4. The molecule has 1 saturated heterocycles. The van der Waals surface area contributed by atoms with Gasteiger partial charge in [0.15, 0.2) is 0 Å². The summed E-state index contributed by atoms with van der Waals surface area (Å²) in [5.74, 6) is 1.98. The van der Waals surface area contributed by atoms with Crippen molar-refractivity contribution in [1.82, 2.24) is 10.2 Å². The average Bonchev–Trinajstić information content (AvgIpc) is 3.25. The number of benzene rings is 1. The molecule has 1 saturated carbocycles. The third-order valence-electron chi connectivity index (χ3n) is 5.59. The number of fused-ring (bicyclic) bond motifs is 1. The van der Waals surface area contributed by atoms with Gasteiger partial charge in [0, 0.05) is 37.6 Å². The van der Waals surface area contributed by atoms with Crippen LogP contribution in [0.3, 0.4) is 0 Å². The maximum Gasteiger partial charge on any atom is 0.123 e. The van der Waals surface area contributed by atoms with Crippen LogP contribution in [0.4, 0.5) is 0 Å². The van der Waals surface area contributed by atoms with Gasteiger partial charge in [0.2, 0.25) is 0 Å². The third-order valence-corrected chi connectivity index (χ3v) is 5.59. The highest BCUT2D eigenvalue weighted by Gasteiger charge is 2.45. The molecule has 3 unspecified atom stereocenters. The number of piperazine rings is 1. The summed E-state index contributed by atoms with van der Waals surface area (Å²) in [4.78, 5) is 2.64. The molecule has 2 heterocycles.